The van der Waals surface area contributed by atoms with E-state index in [1.165, 1.54) is 0 Å². The fourth-order valence-electron chi connectivity index (χ4n) is 0.167. The number of allylic oxidation sites excluding steroid dienone is 1. The van der Waals surface area contributed by atoms with Crippen molar-refractivity contribution in [2.24, 2.45) is 0 Å². The Morgan fingerprint density at radius 2 is 2.17 bits per heavy atom. The second kappa shape index (κ2) is 9.03. The van der Waals surface area contributed by atoms with E-state index in [0.717, 1.165) is 12.8 Å². The quantitative estimate of drug-likeness (QED) is 0.399. The van der Waals surface area contributed by atoms with Crippen molar-refractivity contribution >= 4 is 0 Å². The van der Waals surface area contributed by atoms with Crippen LogP contribution in [-0.4, -0.2) is 0 Å². The van der Waals surface area contributed by atoms with Gasteiger partial charge in [0, 0.05) is 19.5 Å². The summed E-state index contributed by atoms with van der Waals surface area (Å²) in [5.74, 6) is 0. The topological polar surface area (TPSA) is 0 Å². The van der Waals surface area contributed by atoms with Crippen molar-refractivity contribution in [3.05, 3.63) is 12.7 Å². The summed E-state index contributed by atoms with van der Waals surface area (Å²) in [6, 6.07) is 0. The molecule has 0 radical (unpaired) electrons. The van der Waals surface area contributed by atoms with Crippen LogP contribution in [0.2, 0.25) is 0 Å². The molecule has 0 nitrogen and oxygen atoms in total. The van der Waals surface area contributed by atoms with E-state index in [2.05, 4.69) is 6.92 Å². The van der Waals surface area contributed by atoms with Gasteiger partial charge >= 0.3 is 0 Å². The Kier molecular flexibility index (Phi) is 14.5. The standard InChI is InChI=1S/C5H9.Zn/c1-3-5-4-2;/h1,3H,4-5H2,2H3;/q-1;. The Morgan fingerprint density at radius 1 is 1.67 bits per heavy atom. The van der Waals surface area contributed by atoms with Crippen molar-refractivity contribution in [3.8, 4) is 0 Å². The zero-order valence-corrected chi connectivity index (χ0v) is 7.24. The normalized spacial score (nSPS) is 6.17. The van der Waals surface area contributed by atoms with Gasteiger partial charge in [-0.15, -0.1) is 0 Å². The second-order valence-corrected chi connectivity index (χ2v) is 1.02. The molecule has 0 saturated heterocycles. The fraction of sp³-hybridized carbons (Fsp3) is 0.600. The molecule has 0 aliphatic carbocycles. The van der Waals surface area contributed by atoms with E-state index in [4.69, 9.17) is 6.58 Å². The molecule has 0 atom stereocenters. The van der Waals surface area contributed by atoms with Gasteiger partial charge in [-0.1, -0.05) is 19.8 Å². The predicted molar refractivity (Wildman–Crippen MR) is 23.8 cm³/mol. The van der Waals surface area contributed by atoms with Gasteiger partial charge in [-0.3, -0.25) is 6.08 Å². The molecule has 0 aliphatic heterocycles. The monoisotopic (exact) mass is 133 g/mol. The van der Waals surface area contributed by atoms with E-state index in [0.29, 0.717) is 0 Å². The van der Waals surface area contributed by atoms with E-state index in [-0.39, 0.29) is 19.5 Å². The zero-order valence-electron chi connectivity index (χ0n) is 4.28. The molecule has 0 N–H and O–H groups in total. The van der Waals surface area contributed by atoms with Gasteiger partial charge < -0.3 is 6.58 Å². The third-order valence-electron chi connectivity index (χ3n) is 0.455. The first-order valence-electron chi connectivity index (χ1n) is 1.95. The molecule has 0 aromatic carbocycles. The molecule has 0 aliphatic rings. The summed E-state index contributed by atoms with van der Waals surface area (Å²) in [5, 5.41) is 0. The largest absolute Gasteiger partial charge is 0.518 e. The van der Waals surface area contributed by atoms with Crippen molar-refractivity contribution in [1.29, 1.82) is 0 Å². The SMILES string of the molecule is [CH-]=CCCC.[Zn]. The van der Waals surface area contributed by atoms with Gasteiger partial charge in [-0.25, -0.2) is 0 Å². The van der Waals surface area contributed by atoms with Crippen LogP contribution >= 0.6 is 0 Å². The molecular formula is C5H9Zn-. The minimum absolute atomic E-state index is 0. The van der Waals surface area contributed by atoms with Crippen molar-refractivity contribution in [3.63, 3.8) is 0 Å². The van der Waals surface area contributed by atoms with Crippen molar-refractivity contribution in [2.75, 3.05) is 0 Å². The molecule has 32 valence electrons. The minimum Gasteiger partial charge on any atom is -0.518 e. The molecule has 0 fully saturated rings. The molecule has 0 unspecified atom stereocenters. The van der Waals surface area contributed by atoms with E-state index in [1.807, 2.05) is 0 Å². The van der Waals surface area contributed by atoms with Gasteiger partial charge in [0.25, 0.3) is 0 Å². The molecule has 0 saturated carbocycles. The summed E-state index contributed by atoms with van der Waals surface area (Å²) in [7, 11) is 0. The number of unbranched alkanes of at least 4 members (excludes halogenated alkanes) is 1. The van der Waals surface area contributed by atoms with Crippen LogP contribution in [0.3, 0.4) is 0 Å². The van der Waals surface area contributed by atoms with Gasteiger partial charge in [0.2, 0.25) is 0 Å². The Balaban J connectivity index is 0. The summed E-state index contributed by atoms with van der Waals surface area (Å²) in [6.07, 6.45) is 3.89. The molecule has 0 aromatic rings. The first kappa shape index (κ1) is 9.61. The minimum atomic E-state index is 0. The van der Waals surface area contributed by atoms with Gasteiger partial charge in [-0.2, -0.15) is 0 Å². The first-order valence-corrected chi connectivity index (χ1v) is 1.95. The molecule has 6 heavy (non-hydrogen) atoms. The molecule has 0 aromatic heterocycles. The third-order valence-corrected chi connectivity index (χ3v) is 0.455. The van der Waals surface area contributed by atoms with Crippen molar-refractivity contribution < 1.29 is 19.5 Å². The molecule has 0 bridgehead atoms. The molecule has 1 heteroatoms. The maximum Gasteiger partial charge on any atom is 0 e. The molecule has 0 heterocycles. The molecule has 0 amide bonds. The number of hydrogen-bond acceptors (Lipinski definition) is 0. The Labute approximate surface area is 52.4 Å². The summed E-state index contributed by atoms with van der Waals surface area (Å²) in [5.41, 5.74) is 0. The maximum absolute atomic E-state index is 5.01. The summed E-state index contributed by atoms with van der Waals surface area (Å²) in [6.45, 7) is 7.11. The van der Waals surface area contributed by atoms with Crippen molar-refractivity contribution in [2.45, 2.75) is 19.8 Å². The van der Waals surface area contributed by atoms with Crippen LogP contribution in [0.1, 0.15) is 19.8 Å². The molecular weight excluding hydrogens is 125 g/mol. The average Bonchev–Trinajstić information content (AvgIpc) is 1.41. The van der Waals surface area contributed by atoms with E-state index in [9.17, 15) is 0 Å². The molecule has 0 spiro atoms. The van der Waals surface area contributed by atoms with Crippen LogP contribution in [0.4, 0.5) is 0 Å². The van der Waals surface area contributed by atoms with Crippen LogP contribution in [0.15, 0.2) is 6.08 Å². The average molecular weight is 135 g/mol. The van der Waals surface area contributed by atoms with Gasteiger partial charge in [0.1, 0.15) is 0 Å². The van der Waals surface area contributed by atoms with Gasteiger partial charge in [0.15, 0.2) is 0 Å². The molecule has 0 rings (SSSR count). The van der Waals surface area contributed by atoms with E-state index in [1.54, 1.807) is 6.08 Å². The summed E-state index contributed by atoms with van der Waals surface area (Å²) >= 11 is 0. The van der Waals surface area contributed by atoms with Crippen LogP contribution in [0.25, 0.3) is 0 Å². The second-order valence-electron chi connectivity index (χ2n) is 1.02. The van der Waals surface area contributed by atoms with Crippen LogP contribution in [0, 0.1) is 6.58 Å². The van der Waals surface area contributed by atoms with Gasteiger partial charge in [0.05, 0.1) is 0 Å². The summed E-state index contributed by atoms with van der Waals surface area (Å²) in [4.78, 5) is 0. The van der Waals surface area contributed by atoms with E-state index >= 15 is 0 Å². The Bertz CT molecular complexity index is 25.1. The Morgan fingerprint density at radius 3 is 2.17 bits per heavy atom. The van der Waals surface area contributed by atoms with Crippen LogP contribution < -0.4 is 0 Å². The smallest absolute Gasteiger partial charge is 0 e. The Hall–Kier alpha value is 0.363. The van der Waals surface area contributed by atoms with E-state index < -0.39 is 0 Å². The number of rotatable bonds is 2. The predicted octanol–water partition coefficient (Wildman–Crippen LogP) is 1.77. The van der Waals surface area contributed by atoms with Gasteiger partial charge in [-0.05, 0) is 0 Å². The third kappa shape index (κ3) is 8.84. The summed E-state index contributed by atoms with van der Waals surface area (Å²) < 4.78 is 0. The zero-order chi connectivity index (χ0) is 4.12. The maximum atomic E-state index is 5.01. The van der Waals surface area contributed by atoms with Crippen LogP contribution in [-0.2, 0) is 19.5 Å². The fourth-order valence-corrected chi connectivity index (χ4v) is 0.167. The van der Waals surface area contributed by atoms with Crippen LogP contribution in [0.5, 0.6) is 0 Å². The number of hydrogen-bond donors (Lipinski definition) is 0. The first-order chi connectivity index (χ1) is 2.41. The van der Waals surface area contributed by atoms with Crippen molar-refractivity contribution in [1.82, 2.24) is 0 Å².